The highest BCUT2D eigenvalue weighted by Crippen LogP contribution is 2.29. The van der Waals surface area contributed by atoms with Crippen molar-refractivity contribution in [3.63, 3.8) is 0 Å². The van der Waals surface area contributed by atoms with E-state index in [-0.39, 0.29) is 12.1 Å². The van der Waals surface area contributed by atoms with Crippen LogP contribution in [0.1, 0.15) is 47.5 Å². The van der Waals surface area contributed by atoms with E-state index in [9.17, 15) is 4.79 Å². The standard InChI is InChI=1S/C17H23N5O3/c1-4-24-16(23)14-9-18-17(20-11(14)2)21-13-5-6-25-15(7-13)12-8-19-22(3)10-12/h8-10,13,15H,4-7H2,1-3H3,(H,18,20,21)/t13-,15+/m1/s1. The van der Waals surface area contributed by atoms with Gasteiger partial charge in [0.05, 0.1) is 30.2 Å². The first-order chi connectivity index (χ1) is 12.1. The summed E-state index contributed by atoms with van der Waals surface area (Å²) in [5.41, 5.74) is 2.07. The molecule has 134 valence electrons. The molecule has 0 amide bonds. The summed E-state index contributed by atoms with van der Waals surface area (Å²) in [6.45, 7) is 4.54. The van der Waals surface area contributed by atoms with Crippen LogP contribution in [0.4, 0.5) is 5.95 Å². The first kappa shape index (κ1) is 17.3. The second-order valence-electron chi connectivity index (χ2n) is 6.09. The zero-order valence-electron chi connectivity index (χ0n) is 14.7. The van der Waals surface area contributed by atoms with E-state index in [0.717, 1.165) is 18.4 Å². The summed E-state index contributed by atoms with van der Waals surface area (Å²) in [5.74, 6) is 0.122. The van der Waals surface area contributed by atoms with Gasteiger partial charge >= 0.3 is 5.97 Å². The normalized spacial score (nSPS) is 20.3. The molecule has 2 atom stereocenters. The third kappa shape index (κ3) is 4.14. The van der Waals surface area contributed by atoms with E-state index in [2.05, 4.69) is 20.4 Å². The van der Waals surface area contributed by atoms with E-state index in [1.807, 2.05) is 19.4 Å². The minimum atomic E-state index is -0.394. The quantitative estimate of drug-likeness (QED) is 0.829. The molecule has 0 bridgehead atoms. The van der Waals surface area contributed by atoms with Gasteiger partial charge in [-0.05, 0) is 26.7 Å². The number of hydrogen-bond donors (Lipinski definition) is 1. The maximum Gasteiger partial charge on any atom is 0.341 e. The van der Waals surface area contributed by atoms with Crippen molar-refractivity contribution in [3.05, 3.63) is 35.4 Å². The molecular formula is C17H23N5O3. The van der Waals surface area contributed by atoms with Gasteiger partial charge in [0.25, 0.3) is 0 Å². The zero-order chi connectivity index (χ0) is 17.8. The van der Waals surface area contributed by atoms with Gasteiger partial charge < -0.3 is 14.8 Å². The van der Waals surface area contributed by atoms with Crippen molar-refractivity contribution < 1.29 is 14.3 Å². The molecule has 0 saturated carbocycles. The van der Waals surface area contributed by atoms with E-state index in [0.29, 0.717) is 30.4 Å². The highest BCUT2D eigenvalue weighted by Gasteiger charge is 2.25. The van der Waals surface area contributed by atoms with Gasteiger partial charge in [-0.25, -0.2) is 14.8 Å². The molecule has 0 aliphatic carbocycles. The monoisotopic (exact) mass is 345 g/mol. The number of aryl methyl sites for hydroxylation is 2. The van der Waals surface area contributed by atoms with Crippen molar-refractivity contribution in [1.29, 1.82) is 0 Å². The minimum absolute atomic E-state index is 0.0138. The van der Waals surface area contributed by atoms with Crippen LogP contribution in [-0.4, -0.2) is 45.0 Å². The zero-order valence-corrected chi connectivity index (χ0v) is 14.7. The number of anilines is 1. The third-order valence-electron chi connectivity index (χ3n) is 4.19. The van der Waals surface area contributed by atoms with Gasteiger partial charge in [-0.2, -0.15) is 5.10 Å². The molecule has 1 saturated heterocycles. The summed E-state index contributed by atoms with van der Waals surface area (Å²) < 4.78 is 12.6. The summed E-state index contributed by atoms with van der Waals surface area (Å²) in [7, 11) is 1.89. The highest BCUT2D eigenvalue weighted by atomic mass is 16.5. The highest BCUT2D eigenvalue weighted by molar-refractivity contribution is 5.90. The fraction of sp³-hybridized carbons (Fsp3) is 0.529. The first-order valence-electron chi connectivity index (χ1n) is 8.44. The number of rotatable bonds is 5. The smallest absolute Gasteiger partial charge is 0.341 e. The lowest BCUT2D eigenvalue weighted by molar-refractivity contribution is 0.00965. The van der Waals surface area contributed by atoms with Crippen LogP contribution < -0.4 is 5.32 Å². The van der Waals surface area contributed by atoms with Gasteiger partial charge in [0.2, 0.25) is 5.95 Å². The fourth-order valence-corrected chi connectivity index (χ4v) is 2.90. The van der Waals surface area contributed by atoms with Gasteiger partial charge in [0.1, 0.15) is 0 Å². The summed E-state index contributed by atoms with van der Waals surface area (Å²) >= 11 is 0. The predicted octanol–water partition coefficient (Wildman–Crippen LogP) is 2.03. The number of nitrogens with one attached hydrogen (secondary N) is 1. The number of ether oxygens (including phenoxy) is 2. The molecule has 25 heavy (non-hydrogen) atoms. The number of esters is 1. The number of carbonyl (C=O) groups is 1. The lowest BCUT2D eigenvalue weighted by atomic mass is 10.00. The maximum absolute atomic E-state index is 11.8. The van der Waals surface area contributed by atoms with Crippen molar-refractivity contribution in [2.45, 2.75) is 38.8 Å². The Morgan fingerprint density at radius 3 is 3.00 bits per heavy atom. The Morgan fingerprint density at radius 1 is 1.48 bits per heavy atom. The van der Waals surface area contributed by atoms with Gasteiger partial charge in [-0.1, -0.05) is 0 Å². The van der Waals surface area contributed by atoms with E-state index >= 15 is 0 Å². The second-order valence-corrected chi connectivity index (χ2v) is 6.09. The van der Waals surface area contributed by atoms with Crippen molar-refractivity contribution in [2.75, 3.05) is 18.5 Å². The van der Waals surface area contributed by atoms with E-state index in [1.165, 1.54) is 6.20 Å². The number of hydrogen-bond acceptors (Lipinski definition) is 7. The molecule has 0 spiro atoms. The van der Waals surface area contributed by atoms with Crippen LogP contribution in [0.15, 0.2) is 18.6 Å². The maximum atomic E-state index is 11.8. The van der Waals surface area contributed by atoms with Gasteiger partial charge in [-0.15, -0.1) is 0 Å². The Bertz CT molecular complexity index is 746. The summed E-state index contributed by atoms with van der Waals surface area (Å²) in [4.78, 5) is 20.5. The minimum Gasteiger partial charge on any atom is -0.462 e. The molecule has 8 nitrogen and oxygen atoms in total. The van der Waals surface area contributed by atoms with Crippen molar-refractivity contribution in [2.24, 2.45) is 7.05 Å². The fourth-order valence-electron chi connectivity index (χ4n) is 2.90. The Balaban J connectivity index is 1.65. The van der Waals surface area contributed by atoms with Gasteiger partial charge in [0, 0.05) is 37.7 Å². The number of carbonyl (C=O) groups excluding carboxylic acids is 1. The number of aromatic nitrogens is 4. The topological polar surface area (TPSA) is 91.2 Å². The SMILES string of the molecule is CCOC(=O)c1cnc(N[C@@H]2CCO[C@H](c3cnn(C)c3)C2)nc1C. The summed E-state index contributed by atoms with van der Waals surface area (Å²) in [6.07, 6.45) is 7.02. The van der Waals surface area contributed by atoms with Crippen LogP contribution in [0.3, 0.4) is 0 Å². The molecule has 1 fully saturated rings. The van der Waals surface area contributed by atoms with Gasteiger partial charge in [0.15, 0.2) is 0 Å². The molecule has 2 aromatic rings. The molecule has 1 N–H and O–H groups in total. The Labute approximate surface area is 146 Å². The summed E-state index contributed by atoms with van der Waals surface area (Å²) in [6, 6.07) is 0.201. The van der Waals surface area contributed by atoms with E-state index in [4.69, 9.17) is 9.47 Å². The predicted molar refractivity (Wildman–Crippen MR) is 91.3 cm³/mol. The molecular weight excluding hydrogens is 322 g/mol. The van der Waals surface area contributed by atoms with Crippen LogP contribution in [0, 0.1) is 6.92 Å². The Hall–Kier alpha value is -2.48. The third-order valence-corrected chi connectivity index (χ3v) is 4.19. The molecule has 1 aliphatic heterocycles. The van der Waals surface area contributed by atoms with Crippen molar-refractivity contribution >= 4 is 11.9 Å². The molecule has 0 unspecified atom stereocenters. The lowest BCUT2D eigenvalue weighted by Gasteiger charge is -2.29. The van der Waals surface area contributed by atoms with Crippen LogP contribution in [0.5, 0.6) is 0 Å². The Kier molecular flexibility index (Phi) is 5.28. The second kappa shape index (κ2) is 7.60. The van der Waals surface area contributed by atoms with Crippen LogP contribution in [-0.2, 0) is 16.5 Å². The van der Waals surface area contributed by atoms with E-state index < -0.39 is 5.97 Å². The average molecular weight is 345 g/mol. The van der Waals surface area contributed by atoms with E-state index in [1.54, 1.807) is 18.5 Å². The first-order valence-corrected chi connectivity index (χ1v) is 8.44. The van der Waals surface area contributed by atoms with Gasteiger partial charge in [-0.3, -0.25) is 4.68 Å². The van der Waals surface area contributed by atoms with Crippen LogP contribution in [0.25, 0.3) is 0 Å². The van der Waals surface area contributed by atoms with Crippen molar-refractivity contribution in [1.82, 2.24) is 19.7 Å². The van der Waals surface area contributed by atoms with Crippen LogP contribution >= 0.6 is 0 Å². The molecule has 0 radical (unpaired) electrons. The largest absolute Gasteiger partial charge is 0.462 e. The molecule has 3 rings (SSSR count). The Morgan fingerprint density at radius 2 is 2.32 bits per heavy atom. The lowest BCUT2D eigenvalue weighted by Crippen LogP contribution is -2.30. The summed E-state index contributed by atoms with van der Waals surface area (Å²) in [5, 5.41) is 7.55. The molecule has 8 heteroatoms. The average Bonchev–Trinajstić information content (AvgIpc) is 3.02. The van der Waals surface area contributed by atoms with Crippen LogP contribution in [0.2, 0.25) is 0 Å². The molecule has 3 heterocycles. The molecule has 2 aromatic heterocycles. The number of nitrogens with zero attached hydrogens (tertiary/aromatic N) is 4. The molecule has 0 aromatic carbocycles. The molecule has 1 aliphatic rings. The van der Waals surface area contributed by atoms with Crippen molar-refractivity contribution in [3.8, 4) is 0 Å².